The molecule has 7 heteroatoms. The van der Waals surface area contributed by atoms with E-state index in [-0.39, 0.29) is 17.3 Å². The van der Waals surface area contributed by atoms with Crippen LogP contribution in [0.3, 0.4) is 0 Å². The van der Waals surface area contributed by atoms with Crippen LogP contribution in [0.2, 0.25) is 5.02 Å². The average molecular weight is 299 g/mol. The summed E-state index contributed by atoms with van der Waals surface area (Å²) in [5.41, 5.74) is 0.470. The van der Waals surface area contributed by atoms with E-state index in [0.717, 1.165) is 0 Å². The molecule has 2 rings (SSSR count). The number of nitrogens with zero attached hydrogens (tertiary/aromatic N) is 2. The Balaban J connectivity index is 1.99. The molecule has 0 fully saturated rings. The Morgan fingerprint density at radius 2 is 2.15 bits per heavy atom. The number of benzene rings is 1. The van der Waals surface area contributed by atoms with Gasteiger partial charge in [0.2, 0.25) is 11.8 Å². The van der Waals surface area contributed by atoms with Gasteiger partial charge in [0, 0.05) is 12.8 Å². The molecular weight excluding hydrogens is 287 g/mol. The molecule has 0 spiro atoms. The zero-order valence-electron chi connectivity index (χ0n) is 10.5. The van der Waals surface area contributed by atoms with E-state index >= 15 is 0 Å². The van der Waals surface area contributed by atoms with Crippen molar-refractivity contribution in [2.24, 2.45) is 0 Å². The molecule has 1 N–H and O–H groups in total. The van der Waals surface area contributed by atoms with E-state index in [1.54, 1.807) is 0 Å². The van der Waals surface area contributed by atoms with E-state index in [4.69, 9.17) is 21.1 Å². The Labute approximate surface area is 119 Å². The molecule has 0 amide bonds. The van der Waals surface area contributed by atoms with Gasteiger partial charge in [0.05, 0.1) is 10.6 Å². The number of unbranched alkanes of at least 4 members (excludes halogenated alkanes) is 1. The van der Waals surface area contributed by atoms with Crippen LogP contribution < -0.4 is 0 Å². The number of aromatic nitrogens is 2. The van der Waals surface area contributed by atoms with Crippen LogP contribution in [0.25, 0.3) is 11.5 Å². The van der Waals surface area contributed by atoms with Gasteiger partial charge in [0.15, 0.2) is 0 Å². The third-order valence-corrected chi connectivity index (χ3v) is 2.97. The van der Waals surface area contributed by atoms with E-state index in [2.05, 4.69) is 10.2 Å². The molecule has 1 heterocycles. The maximum absolute atomic E-state index is 12.9. The third-order valence-electron chi connectivity index (χ3n) is 2.66. The first-order chi connectivity index (χ1) is 9.56. The molecule has 20 heavy (non-hydrogen) atoms. The van der Waals surface area contributed by atoms with Crippen molar-refractivity contribution in [3.05, 3.63) is 34.9 Å². The van der Waals surface area contributed by atoms with Gasteiger partial charge in [-0.1, -0.05) is 11.6 Å². The highest BCUT2D eigenvalue weighted by Gasteiger charge is 2.12. The average Bonchev–Trinajstić information content (AvgIpc) is 2.83. The standard InChI is InChI=1S/C13H12ClFN2O3/c14-10-7-8(15)5-6-9(10)13-17-16-11(20-13)3-1-2-4-12(18)19/h5-7H,1-4H2,(H,18,19). The Bertz CT molecular complexity index is 615. The largest absolute Gasteiger partial charge is 0.481 e. The Kier molecular flexibility index (Phi) is 4.68. The van der Waals surface area contributed by atoms with Crippen molar-refractivity contribution >= 4 is 17.6 Å². The molecule has 1 aromatic carbocycles. The second-order valence-electron chi connectivity index (χ2n) is 4.23. The number of rotatable bonds is 6. The lowest BCUT2D eigenvalue weighted by atomic mass is 10.2. The maximum atomic E-state index is 12.9. The minimum Gasteiger partial charge on any atom is -0.481 e. The van der Waals surface area contributed by atoms with Crippen molar-refractivity contribution in [1.29, 1.82) is 0 Å². The quantitative estimate of drug-likeness (QED) is 0.828. The van der Waals surface area contributed by atoms with Crippen molar-refractivity contribution in [3.8, 4) is 11.5 Å². The van der Waals surface area contributed by atoms with Gasteiger partial charge >= 0.3 is 5.97 Å². The molecule has 5 nitrogen and oxygen atoms in total. The lowest BCUT2D eigenvalue weighted by molar-refractivity contribution is -0.137. The van der Waals surface area contributed by atoms with E-state index in [1.807, 2.05) is 0 Å². The van der Waals surface area contributed by atoms with Crippen molar-refractivity contribution in [2.45, 2.75) is 25.7 Å². The van der Waals surface area contributed by atoms with Gasteiger partial charge in [-0.25, -0.2) is 4.39 Å². The predicted molar refractivity (Wildman–Crippen MR) is 69.9 cm³/mol. The molecule has 1 aromatic heterocycles. The summed E-state index contributed by atoms with van der Waals surface area (Å²) in [7, 11) is 0. The summed E-state index contributed by atoms with van der Waals surface area (Å²) in [5, 5.41) is 16.4. The fourth-order valence-electron chi connectivity index (χ4n) is 1.68. The van der Waals surface area contributed by atoms with Crippen LogP contribution in [0.4, 0.5) is 4.39 Å². The van der Waals surface area contributed by atoms with Crippen molar-refractivity contribution in [1.82, 2.24) is 10.2 Å². The van der Waals surface area contributed by atoms with Crippen LogP contribution in [0.5, 0.6) is 0 Å². The molecule has 0 unspecified atom stereocenters. The second-order valence-corrected chi connectivity index (χ2v) is 4.63. The van der Waals surface area contributed by atoms with E-state index in [1.165, 1.54) is 18.2 Å². The van der Waals surface area contributed by atoms with Gasteiger partial charge in [-0.05, 0) is 31.0 Å². The lowest BCUT2D eigenvalue weighted by Crippen LogP contribution is -1.95. The number of carbonyl (C=O) groups is 1. The molecule has 0 bridgehead atoms. The number of hydrogen-bond acceptors (Lipinski definition) is 4. The van der Waals surface area contributed by atoms with Crippen LogP contribution in [0, 0.1) is 5.82 Å². The number of aliphatic carboxylic acids is 1. The summed E-state index contributed by atoms with van der Waals surface area (Å²) in [6, 6.07) is 3.91. The van der Waals surface area contributed by atoms with Crippen LogP contribution in [0.1, 0.15) is 25.2 Å². The number of halogens is 2. The van der Waals surface area contributed by atoms with Gasteiger partial charge in [-0.15, -0.1) is 10.2 Å². The molecular formula is C13H12ClFN2O3. The second kappa shape index (κ2) is 6.47. The fourth-order valence-corrected chi connectivity index (χ4v) is 1.93. The fraction of sp³-hybridized carbons (Fsp3) is 0.308. The summed E-state index contributed by atoms with van der Waals surface area (Å²) < 4.78 is 18.4. The number of carboxylic acids is 1. The van der Waals surface area contributed by atoms with Gasteiger partial charge in [0.1, 0.15) is 5.82 Å². The van der Waals surface area contributed by atoms with Gasteiger partial charge in [0.25, 0.3) is 0 Å². The van der Waals surface area contributed by atoms with Crippen molar-refractivity contribution in [2.75, 3.05) is 0 Å². The molecule has 0 aliphatic carbocycles. The Hall–Kier alpha value is -1.95. The van der Waals surface area contributed by atoms with Crippen LogP contribution in [-0.4, -0.2) is 21.3 Å². The highest BCUT2D eigenvalue weighted by Crippen LogP contribution is 2.27. The summed E-state index contributed by atoms with van der Waals surface area (Å²) in [6.07, 6.45) is 1.80. The molecule has 106 valence electrons. The molecule has 0 saturated heterocycles. The minimum atomic E-state index is -0.825. The predicted octanol–water partition coefficient (Wildman–Crippen LogP) is 3.33. The zero-order valence-corrected chi connectivity index (χ0v) is 11.2. The minimum absolute atomic E-state index is 0.116. The molecule has 0 aliphatic heterocycles. The third kappa shape index (κ3) is 3.77. The molecule has 0 radical (unpaired) electrons. The van der Waals surface area contributed by atoms with Gasteiger partial charge < -0.3 is 9.52 Å². The maximum Gasteiger partial charge on any atom is 0.303 e. The number of hydrogen-bond donors (Lipinski definition) is 1. The lowest BCUT2D eigenvalue weighted by Gasteiger charge is -1.98. The van der Waals surface area contributed by atoms with Crippen molar-refractivity contribution in [3.63, 3.8) is 0 Å². The highest BCUT2D eigenvalue weighted by atomic mass is 35.5. The molecule has 0 atom stereocenters. The smallest absolute Gasteiger partial charge is 0.303 e. The van der Waals surface area contributed by atoms with Gasteiger partial charge in [-0.2, -0.15) is 0 Å². The van der Waals surface area contributed by atoms with Crippen molar-refractivity contribution < 1.29 is 18.7 Å². The SMILES string of the molecule is O=C(O)CCCCc1nnc(-c2ccc(F)cc2Cl)o1. The van der Waals surface area contributed by atoms with Crippen LogP contribution in [-0.2, 0) is 11.2 Å². The molecule has 0 saturated carbocycles. The number of aryl methyl sites for hydroxylation is 1. The monoisotopic (exact) mass is 298 g/mol. The Morgan fingerprint density at radius 1 is 1.35 bits per heavy atom. The summed E-state index contributed by atoms with van der Waals surface area (Å²) in [6.45, 7) is 0. The number of carboxylic acid groups (broad SMARTS) is 1. The van der Waals surface area contributed by atoms with E-state index in [0.29, 0.717) is 30.7 Å². The first-order valence-corrected chi connectivity index (χ1v) is 6.43. The van der Waals surface area contributed by atoms with Crippen LogP contribution >= 0.6 is 11.6 Å². The summed E-state index contributed by atoms with van der Waals surface area (Å²) in [4.78, 5) is 10.4. The normalized spacial score (nSPS) is 10.7. The first kappa shape index (κ1) is 14.5. The molecule has 0 aliphatic rings. The van der Waals surface area contributed by atoms with E-state index < -0.39 is 11.8 Å². The van der Waals surface area contributed by atoms with E-state index in [9.17, 15) is 9.18 Å². The zero-order chi connectivity index (χ0) is 14.5. The molecule has 2 aromatic rings. The topological polar surface area (TPSA) is 76.2 Å². The Morgan fingerprint density at radius 3 is 2.85 bits per heavy atom. The van der Waals surface area contributed by atoms with Gasteiger partial charge in [-0.3, -0.25) is 4.79 Å². The summed E-state index contributed by atoms with van der Waals surface area (Å²) >= 11 is 5.90. The van der Waals surface area contributed by atoms with Crippen LogP contribution in [0.15, 0.2) is 22.6 Å². The first-order valence-electron chi connectivity index (χ1n) is 6.06. The highest BCUT2D eigenvalue weighted by molar-refractivity contribution is 6.33. The summed E-state index contributed by atoms with van der Waals surface area (Å²) in [5.74, 6) is -0.629.